The second kappa shape index (κ2) is 5.19. The minimum atomic E-state index is 0.891. The molecule has 0 spiro atoms. The van der Waals surface area contributed by atoms with E-state index in [0.717, 1.165) is 27.2 Å². The zero-order valence-electron chi connectivity index (χ0n) is 10.3. The van der Waals surface area contributed by atoms with E-state index >= 15 is 0 Å². The highest BCUT2D eigenvalue weighted by atomic mass is 79.9. The van der Waals surface area contributed by atoms with Crippen molar-refractivity contribution in [3.05, 3.63) is 46.4 Å². The summed E-state index contributed by atoms with van der Waals surface area (Å²) in [6.07, 6.45) is 1.87. The Labute approximate surface area is 123 Å². The maximum atomic E-state index is 4.44. The zero-order valence-corrected chi connectivity index (χ0v) is 12.7. The number of halogens is 1. The van der Waals surface area contributed by atoms with Crippen LogP contribution in [0.5, 0.6) is 0 Å². The molecule has 0 saturated carbocycles. The summed E-state index contributed by atoms with van der Waals surface area (Å²) in [5.41, 5.74) is 3.22. The van der Waals surface area contributed by atoms with Crippen molar-refractivity contribution in [3.63, 3.8) is 0 Å². The first kappa shape index (κ1) is 12.4. The van der Waals surface area contributed by atoms with E-state index in [0.29, 0.717) is 0 Å². The number of hydrogen-bond donors (Lipinski definition) is 2. The van der Waals surface area contributed by atoms with Gasteiger partial charge in [-0.3, -0.25) is 0 Å². The van der Waals surface area contributed by atoms with E-state index in [1.165, 1.54) is 4.88 Å². The molecular weight excluding hydrogens is 322 g/mol. The maximum Gasteiger partial charge on any atom is 0.137 e. The number of thiophene rings is 1. The van der Waals surface area contributed by atoms with Gasteiger partial charge in [-0.2, -0.15) is 0 Å². The Morgan fingerprint density at radius 2 is 2.05 bits per heavy atom. The summed E-state index contributed by atoms with van der Waals surface area (Å²) in [5, 5.41) is 5.17. The molecule has 96 valence electrons. The molecule has 5 heteroatoms. The van der Waals surface area contributed by atoms with Gasteiger partial charge in [-0.1, -0.05) is 0 Å². The maximum absolute atomic E-state index is 4.44. The number of aromatic amines is 1. The first-order valence-electron chi connectivity index (χ1n) is 5.84. The number of nitrogens with one attached hydrogen (secondary N) is 2. The van der Waals surface area contributed by atoms with Gasteiger partial charge in [0.05, 0.1) is 16.8 Å². The Morgan fingerprint density at radius 1 is 1.26 bits per heavy atom. The van der Waals surface area contributed by atoms with Crippen molar-refractivity contribution in [2.24, 2.45) is 0 Å². The molecule has 3 rings (SSSR count). The van der Waals surface area contributed by atoms with E-state index in [-0.39, 0.29) is 0 Å². The average Bonchev–Trinajstić information content (AvgIpc) is 3.07. The van der Waals surface area contributed by atoms with Crippen molar-refractivity contribution in [1.82, 2.24) is 9.97 Å². The largest absolute Gasteiger partial charge is 0.388 e. The minimum absolute atomic E-state index is 0.891. The number of benzene rings is 1. The third-order valence-corrected chi connectivity index (χ3v) is 4.58. The van der Waals surface area contributed by atoms with Gasteiger partial charge in [-0.25, -0.2) is 4.98 Å². The summed E-state index contributed by atoms with van der Waals surface area (Å²) in [5.74, 6) is 0.891. The van der Waals surface area contributed by atoms with Gasteiger partial charge in [0.15, 0.2) is 0 Å². The highest BCUT2D eigenvalue weighted by Gasteiger charge is 2.07. The van der Waals surface area contributed by atoms with Crippen LogP contribution >= 0.6 is 27.3 Å². The van der Waals surface area contributed by atoms with Crippen LogP contribution in [0.15, 0.2) is 46.4 Å². The number of nitrogens with zero attached hydrogens (tertiary/aromatic N) is 1. The van der Waals surface area contributed by atoms with Crippen LogP contribution in [0.2, 0.25) is 0 Å². The monoisotopic (exact) mass is 333 g/mol. The SMILES string of the molecule is CNc1ccc(-c2ncc(-c3cc(Br)cs3)[nH]2)cc1. The van der Waals surface area contributed by atoms with Crippen LogP contribution in [0, 0.1) is 0 Å². The summed E-state index contributed by atoms with van der Waals surface area (Å²) >= 11 is 5.16. The van der Waals surface area contributed by atoms with Crippen LogP contribution in [0.25, 0.3) is 22.0 Å². The normalized spacial score (nSPS) is 10.6. The number of rotatable bonds is 3. The van der Waals surface area contributed by atoms with Crippen LogP contribution in [0.4, 0.5) is 5.69 Å². The molecule has 2 heterocycles. The molecule has 0 aliphatic rings. The lowest BCUT2D eigenvalue weighted by atomic mass is 10.2. The zero-order chi connectivity index (χ0) is 13.2. The molecular formula is C14H12BrN3S. The van der Waals surface area contributed by atoms with E-state index < -0.39 is 0 Å². The Bertz CT molecular complexity index is 685. The van der Waals surface area contributed by atoms with Crippen molar-refractivity contribution in [2.75, 3.05) is 12.4 Å². The quantitative estimate of drug-likeness (QED) is 0.734. The lowest BCUT2D eigenvalue weighted by Gasteiger charge is -2.00. The number of H-pyrrole nitrogens is 1. The second-order valence-corrected chi connectivity index (χ2v) is 5.93. The molecule has 0 amide bonds. The fourth-order valence-electron chi connectivity index (χ4n) is 1.84. The van der Waals surface area contributed by atoms with Gasteiger partial charge in [0.25, 0.3) is 0 Å². The first-order chi connectivity index (χ1) is 9.26. The van der Waals surface area contributed by atoms with E-state index in [4.69, 9.17) is 0 Å². The van der Waals surface area contributed by atoms with Gasteiger partial charge in [-0.15, -0.1) is 11.3 Å². The highest BCUT2D eigenvalue weighted by molar-refractivity contribution is 9.10. The Balaban J connectivity index is 1.91. The predicted molar refractivity (Wildman–Crippen MR) is 84.6 cm³/mol. The number of aromatic nitrogens is 2. The number of imidazole rings is 1. The molecule has 2 N–H and O–H groups in total. The van der Waals surface area contributed by atoms with Crippen molar-refractivity contribution < 1.29 is 0 Å². The van der Waals surface area contributed by atoms with Crippen molar-refractivity contribution in [3.8, 4) is 22.0 Å². The van der Waals surface area contributed by atoms with E-state index in [1.54, 1.807) is 11.3 Å². The molecule has 0 aliphatic heterocycles. The lowest BCUT2D eigenvalue weighted by molar-refractivity contribution is 1.31. The van der Waals surface area contributed by atoms with E-state index in [1.807, 2.05) is 25.4 Å². The smallest absolute Gasteiger partial charge is 0.137 e. The van der Waals surface area contributed by atoms with Crippen molar-refractivity contribution in [2.45, 2.75) is 0 Å². The van der Waals surface area contributed by atoms with Gasteiger partial charge in [0.1, 0.15) is 5.82 Å². The number of anilines is 1. The standard InChI is InChI=1S/C14H12BrN3S/c1-16-11-4-2-9(3-5-11)14-17-7-12(18-14)13-6-10(15)8-19-13/h2-8,16H,1H3,(H,17,18). The van der Waals surface area contributed by atoms with Crippen molar-refractivity contribution >= 4 is 33.0 Å². The van der Waals surface area contributed by atoms with Crippen LogP contribution < -0.4 is 5.32 Å². The van der Waals surface area contributed by atoms with E-state index in [2.05, 4.69) is 54.8 Å². The molecule has 0 fully saturated rings. The summed E-state index contributed by atoms with van der Waals surface area (Å²) in [6, 6.07) is 10.3. The molecule has 1 aromatic carbocycles. The van der Waals surface area contributed by atoms with Crippen LogP contribution in [0.1, 0.15) is 0 Å². The summed E-state index contributed by atoms with van der Waals surface area (Å²) < 4.78 is 1.10. The third kappa shape index (κ3) is 2.57. The molecule has 2 aromatic heterocycles. The van der Waals surface area contributed by atoms with Gasteiger partial charge in [0.2, 0.25) is 0 Å². The highest BCUT2D eigenvalue weighted by Crippen LogP contribution is 2.30. The molecule has 0 unspecified atom stereocenters. The summed E-state index contributed by atoms with van der Waals surface area (Å²) in [4.78, 5) is 8.98. The molecule has 0 bridgehead atoms. The van der Waals surface area contributed by atoms with Gasteiger partial charge in [0, 0.05) is 28.2 Å². The van der Waals surface area contributed by atoms with Gasteiger partial charge < -0.3 is 10.3 Å². The summed E-state index contributed by atoms with van der Waals surface area (Å²) in [7, 11) is 1.91. The Hall–Kier alpha value is -1.59. The van der Waals surface area contributed by atoms with Gasteiger partial charge in [-0.05, 0) is 46.3 Å². The molecule has 0 atom stereocenters. The van der Waals surface area contributed by atoms with Gasteiger partial charge >= 0.3 is 0 Å². The van der Waals surface area contributed by atoms with Crippen LogP contribution in [-0.4, -0.2) is 17.0 Å². The number of hydrogen-bond acceptors (Lipinski definition) is 3. The first-order valence-corrected chi connectivity index (χ1v) is 7.51. The second-order valence-electron chi connectivity index (χ2n) is 4.10. The van der Waals surface area contributed by atoms with Crippen molar-refractivity contribution in [1.29, 1.82) is 0 Å². The third-order valence-electron chi connectivity index (χ3n) is 2.86. The fourth-order valence-corrected chi connectivity index (χ4v) is 3.24. The van der Waals surface area contributed by atoms with Crippen LogP contribution in [0.3, 0.4) is 0 Å². The lowest BCUT2D eigenvalue weighted by Crippen LogP contribution is -1.87. The molecule has 3 aromatic rings. The fraction of sp³-hybridized carbons (Fsp3) is 0.0714. The predicted octanol–water partition coefficient (Wildman–Crippen LogP) is 4.61. The topological polar surface area (TPSA) is 40.7 Å². The van der Waals surface area contributed by atoms with E-state index in [9.17, 15) is 0 Å². The molecule has 0 saturated heterocycles. The van der Waals surface area contributed by atoms with Crippen LogP contribution in [-0.2, 0) is 0 Å². The minimum Gasteiger partial charge on any atom is -0.388 e. The molecule has 19 heavy (non-hydrogen) atoms. The Kier molecular flexibility index (Phi) is 3.40. The average molecular weight is 334 g/mol. The molecule has 3 nitrogen and oxygen atoms in total. The molecule has 0 aliphatic carbocycles. The molecule has 0 radical (unpaired) electrons. The Morgan fingerprint density at radius 3 is 2.68 bits per heavy atom. The summed E-state index contributed by atoms with van der Waals surface area (Å²) in [6.45, 7) is 0.